The molecule has 0 bridgehead atoms. The van der Waals surface area contributed by atoms with Crippen molar-refractivity contribution in [1.29, 1.82) is 0 Å². The van der Waals surface area contributed by atoms with Crippen LogP contribution in [0.3, 0.4) is 0 Å². The second-order valence-electron chi connectivity index (χ2n) is 3.53. The van der Waals surface area contributed by atoms with E-state index in [0.717, 1.165) is 15.5 Å². The molecule has 3 nitrogen and oxygen atoms in total. The normalized spacial score (nSPS) is 9.83. The van der Waals surface area contributed by atoms with Crippen molar-refractivity contribution in [1.82, 2.24) is 0 Å². The number of para-hydroxylation sites is 1. The molecule has 0 aliphatic carbocycles. The zero-order chi connectivity index (χ0) is 12.8. The average molecular weight is 259 g/mol. The van der Waals surface area contributed by atoms with Crippen molar-refractivity contribution in [3.63, 3.8) is 0 Å². The van der Waals surface area contributed by atoms with Crippen molar-refractivity contribution in [2.24, 2.45) is 0 Å². The van der Waals surface area contributed by atoms with Crippen molar-refractivity contribution >= 4 is 23.5 Å². The molecule has 2 aromatic rings. The van der Waals surface area contributed by atoms with Crippen molar-refractivity contribution < 1.29 is 9.53 Å². The average Bonchev–Trinajstić information content (AvgIpc) is 2.42. The number of anilines is 1. The van der Waals surface area contributed by atoms with E-state index in [0.29, 0.717) is 0 Å². The number of hydrogen-bond donors (Lipinski definition) is 1. The van der Waals surface area contributed by atoms with Gasteiger partial charge in [0.2, 0.25) is 0 Å². The maximum Gasteiger partial charge on any atom is 0.411 e. The Kier molecular flexibility index (Phi) is 4.25. The molecule has 2 rings (SSSR count). The maximum atomic E-state index is 11.2. The minimum Gasteiger partial charge on any atom is -0.453 e. The standard InChI is InChI=1S/C14H13NO2S/c1-17-14(16)15-12-9-5-6-10-13(12)18-11-7-3-2-4-8-11/h2-10H,1H3,(H,15,16). The highest BCUT2D eigenvalue weighted by atomic mass is 32.2. The number of hydrogen-bond acceptors (Lipinski definition) is 3. The van der Waals surface area contributed by atoms with Gasteiger partial charge in [0.25, 0.3) is 0 Å². The summed E-state index contributed by atoms with van der Waals surface area (Å²) in [4.78, 5) is 13.3. The minimum absolute atomic E-state index is 0.462. The molecule has 0 spiro atoms. The fourth-order valence-electron chi connectivity index (χ4n) is 1.44. The molecular weight excluding hydrogens is 246 g/mol. The van der Waals surface area contributed by atoms with Crippen LogP contribution in [0.2, 0.25) is 0 Å². The van der Waals surface area contributed by atoms with Gasteiger partial charge in [0, 0.05) is 9.79 Å². The van der Waals surface area contributed by atoms with Crippen molar-refractivity contribution in [2.75, 3.05) is 12.4 Å². The third-order valence-electron chi connectivity index (χ3n) is 2.28. The second kappa shape index (κ2) is 6.12. The van der Waals surface area contributed by atoms with Crippen LogP contribution in [-0.2, 0) is 4.74 Å². The van der Waals surface area contributed by atoms with Gasteiger partial charge in [-0.1, -0.05) is 42.1 Å². The van der Waals surface area contributed by atoms with Crippen LogP contribution in [0.25, 0.3) is 0 Å². The van der Waals surface area contributed by atoms with Crippen LogP contribution in [0.1, 0.15) is 0 Å². The summed E-state index contributed by atoms with van der Waals surface area (Å²) >= 11 is 1.60. The van der Waals surface area contributed by atoms with Gasteiger partial charge in [-0.15, -0.1) is 0 Å². The fourth-order valence-corrected chi connectivity index (χ4v) is 2.36. The lowest BCUT2D eigenvalue weighted by atomic mass is 10.3. The van der Waals surface area contributed by atoms with Crippen LogP contribution in [0.5, 0.6) is 0 Å². The molecule has 0 saturated heterocycles. The van der Waals surface area contributed by atoms with Crippen LogP contribution in [-0.4, -0.2) is 13.2 Å². The Morgan fingerprint density at radius 2 is 1.72 bits per heavy atom. The SMILES string of the molecule is COC(=O)Nc1ccccc1Sc1ccccc1. The molecule has 0 aliphatic rings. The number of amides is 1. The van der Waals surface area contributed by atoms with Crippen molar-refractivity contribution in [3.8, 4) is 0 Å². The Morgan fingerprint density at radius 3 is 2.44 bits per heavy atom. The third kappa shape index (κ3) is 3.28. The van der Waals surface area contributed by atoms with Gasteiger partial charge in [0.15, 0.2) is 0 Å². The Bertz CT molecular complexity index is 528. The van der Waals surface area contributed by atoms with Gasteiger partial charge in [-0.2, -0.15) is 0 Å². The van der Waals surface area contributed by atoms with E-state index in [1.807, 2.05) is 54.6 Å². The number of benzene rings is 2. The zero-order valence-corrected chi connectivity index (χ0v) is 10.7. The van der Waals surface area contributed by atoms with Crippen LogP contribution in [0, 0.1) is 0 Å². The van der Waals surface area contributed by atoms with Gasteiger partial charge < -0.3 is 4.74 Å². The molecule has 2 aromatic carbocycles. The van der Waals surface area contributed by atoms with Crippen LogP contribution < -0.4 is 5.32 Å². The molecule has 92 valence electrons. The first kappa shape index (κ1) is 12.5. The summed E-state index contributed by atoms with van der Waals surface area (Å²) in [5.74, 6) is 0. The summed E-state index contributed by atoms with van der Waals surface area (Å²) < 4.78 is 4.60. The molecule has 0 saturated carbocycles. The summed E-state index contributed by atoms with van der Waals surface area (Å²) in [5.41, 5.74) is 0.748. The van der Waals surface area contributed by atoms with Crippen LogP contribution in [0.4, 0.5) is 10.5 Å². The van der Waals surface area contributed by atoms with Crippen LogP contribution >= 0.6 is 11.8 Å². The first-order valence-electron chi connectivity index (χ1n) is 5.46. The molecule has 0 radical (unpaired) electrons. The quantitative estimate of drug-likeness (QED) is 0.904. The van der Waals surface area contributed by atoms with E-state index in [1.54, 1.807) is 11.8 Å². The summed E-state index contributed by atoms with van der Waals surface area (Å²) in [7, 11) is 1.35. The van der Waals surface area contributed by atoms with Gasteiger partial charge in [-0.25, -0.2) is 4.79 Å². The number of ether oxygens (including phenoxy) is 1. The fraction of sp³-hybridized carbons (Fsp3) is 0.0714. The Hall–Kier alpha value is -1.94. The number of carbonyl (C=O) groups excluding carboxylic acids is 1. The largest absolute Gasteiger partial charge is 0.453 e. The summed E-state index contributed by atoms with van der Waals surface area (Å²) in [5, 5.41) is 2.70. The Morgan fingerprint density at radius 1 is 1.06 bits per heavy atom. The van der Waals surface area contributed by atoms with E-state index in [1.165, 1.54) is 7.11 Å². The summed E-state index contributed by atoms with van der Waals surface area (Å²) in [6.45, 7) is 0. The molecule has 0 aliphatic heterocycles. The van der Waals surface area contributed by atoms with E-state index < -0.39 is 6.09 Å². The van der Waals surface area contributed by atoms with Gasteiger partial charge in [0.1, 0.15) is 0 Å². The first-order valence-corrected chi connectivity index (χ1v) is 6.28. The Labute approximate surface area is 110 Å². The van der Waals surface area contributed by atoms with E-state index >= 15 is 0 Å². The lowest BCUT2D eigenvalue weighted by Crippen LogP contribution is -2.11. The molecule has 0 atom stereocenters. The molecule has 1 amide bonds. The van der Waals surface area contributed by atoms with Gasteiger partial charge in [-0.3, -0.25) is 5.32 Å². The van der Waals surface area contributed by atoms with Gasteiger partial charge >= 0.3 is 6.09 Å². The maximum absolute atomic E-state index is 11.2. The van der Waals surface area contributed by atoms with E-state index in [-0.39, 0.29) is 0 Å². The first-order chi connectivity index (χ1) is 8.79. The summed E-state index contributed by atoms with van der Waals surface area (Å²) in [6.07, 6.45) is -0.462. The van der Waals surface area contributed by atoms with Gasteiger partial charge in [-0.05, 0) is 24.3 Å². The summed E-state index contributed by atoms with van der Waals surface area (Å²) in [6, 6.07) is 17.6. The predicted molar refractivity (Wildman–Crippen MR) is 73.0 cm³/mol. The second-order valence-corrected chi connectivity index (χ2v) is 4.64. The molecule has 1 N–H and O–H groups in total. The molecule has 0 unspecified atom stereocenters. The molecule has 0 fully saturated rings. The van der Waals surface area contributed by atoms with E-state index in [4.69, 9.17) is 0 Å². The molecule has 0 aromatic heterocycles. The number of methoxy groups -OCH3 is 1. The Balaban J connectivity index is 2.20. The smallest absolute Gasteiger partial charge is 0.411 e. The van der Waals surface area contributed by atoms with Crippen LogP contribution in [0.15, 0.2) is 64.4 Å². The third-order valence-corrected chi connectivity index (χ3v) is 3.36. The highest BCUT2D eigenvalue weighted by molar-refractivity contribution is 7.99. The molecule has 4 heteroatoms. The molecule has 18 heavy (non-hydrogen) atoms. The lowest BCUT2D eigenvalue weighted by Gasteiger charge is -2.09. The van der Waals surface area contributed by atoms with Gasteiger partial charge in [0.05, 0.1) is 12.8 Å². The molecular formula is C14H13NO2S. The predicted octanol–water partition coefficient (Wildman–Crippen LogP) is 4.02. The van der Waals surface area contributed by atoms with E-state index in [9.17, 15) is 4.79 Å². The monoisotopic (exact) mass is 259 g/mol. The number of rotatable bonds is 3. The van der Waals surface area contributed by atoms with Crippen molar-refractivity contribution in [2.45, 2.75) is 9.79 Å². The number of carbonyl (C=O) groups is 1. The minimum atomic E-state index is -0.462. The van der Waals surface area contributed by atoms with E-state index in [2.05, 4.69) is 10.1 Å². The molecule has 0 heterocycles. The highest BCUT2D eigenvalue weighted by Crippen LogP contribution is 2.33. The van der Waals surface area contributed by atoms with Crippen molar-refractivity contribution in [3.05, 3.63) is 54.6 Å². The zero-order valence-electron chi connectivity index (χ0n) is 9.92. The topological polar surface area (TPSA) is 38.3 Å². The highest BCUT2D eigenvalue weighted by Gasteiger charge is 2.07. The number of nitrogens with one attached hydrogen (secondary N) is 1. The lowest BCUT2D eigenvalue weighted by molar-refractivity contribution is 0.187.